The molecule has 1 unspecified atom stereocenters. The predicted molar refractivity (Wildman–Crippen MR) is 65.7 cm³/mol. The average Bonchev–Trinajstić information content (AvgIpc) is 2.27. The van der Waals surface area contributed by atoms with E-state index in [1.165, 1.54) is 25.0 Å². The standard InChI is InChI=1S/C13H21FN2/c1-3-4-9-16(2)10-13(15)11-5-7-12(14)8-6-11/h5-8,13H,3-4,9-10,15H2,1-2H3. The van der Waals surface area contributed by atoms with Gasteiger partial charge in [0.25, 0.3) is 0 Å². The minimum atomic E-state index is -0.213. The summed E-state index contributed by atoms with van der Waals surface area (Å²) in [5, 5.41) is 0. The summed E-state index contributed by atoms with van der Waals surface area (Å²) in [5.41, 5.74) is 7.04. The number of benzene rings is 1. The van der Waals surface area contributed by atoms with Gasteiger partial charge in [0.2, 0.25) is 0 Å². The monoisotopic (exact) mass is 224 g/mol. The van der Waals surface area contributed by atoms with E-state index in [0.717, 1.165) is 18.7 Å². The van der Waals surface area contributed by atoms with Crippen LogP contribution in [0, 0.1) is 5.82 Å². The van der Waals surface area contributed by atoms with Crippen LogP contribution >= 0.6 is 0 Å². The van der Waals surface area contributed by atoms with E-state index in [1.807, 2.05) is 0 Å². The molecule has 0 aromatic heterocycles. The van der Waals surface area contributed by atoms with E-state index in [4.69, 9.17) is 5.73 Å². The first-order chi connectivity index (χ1) is 7.63. The van der Waals surface area contributed by atoms with E-state index >= 15 is 0 Å². The average molecular weight is 224 g/mol. The van der Waals surface area contributed by atoms with Crippen molar-refractivity contribution in [3.63, 3.8) is 0 Å². The number of halogens is 1. The molecule has 0 saturated heterocycles. The van der Waals surface area contributed by atoms with Gasteiger partial charge >= 0.3 is 0 Å². The highest BCUT2D eigenvalue weighted by molar-refractivity contribution is 5.19. The molecule has 16 heavy (non-hydrogen) atoms. The number of hydrogen-bond acceptors (Lipinski definition) is 2. The lowest BCUT2D eigenvalue weighted by atomic mass is 10.1. The Morgan fingerprint density at radius 1 is 1.31 bits per heavy atom. The molecule has 0 aliphatic rings. The Bertz CT molecular complexity index is 297. The zero-order valence-electron chi connectivity index (χ0n) is 10.1. The first kappa shape index (κ1) is 13.1. The van der Waals surface area contributed by atoms with Crippen LogP contribution < -0.4 is 5.73 Å². The van der Waals surface area contributed by atoms with Crippen molar-refractivity contribution in [1.82, 2.24) is 4.90 Å². The van der Waals surface area contributed by atoms with E-state index in [2.05, 4.69) is 18.9 Å². The summed E-state index contributed by atoms with van der Waals surface area (Å²) in [7, 11) is 2.07. The van der Waals surface area contributed by atoms with Crippen molar-refractivity contribution in [2.75, 3.05) is 20.1 Å². The molecule has 0 spiro atoms. The van der Waals surface area contributed by atoms with E-state index in [0.29, 0.717) is 0 Å². The van der Waals surface area contributed by atoms with Crippen LogP contribution in [0.5, 0.6) is 0 Å². The minimum Gasteiger partial charge on any atom is -0.323 e. The van der Waals surface area contributed by atoms with Gasteiger partial charge in [-0.15, -0.1) is 0 Å². The maximum Gasteiger partial charge on any atom is 0.123 e. The van der Waals surface area contributed by atoms with Gasteiger partial charge < -0.3 is 10.6 Å². The van der Waals surface area contributed by atoms with E-state index < -0.39 is 0 Å². The van der Waals surface area contributed by atoms with Crippen molar-refractivity contribution in [3.8, 4) is 0 Å². The summed E-state index contributed by atoms with van der Waals surface area (Å²) in [6, 6.07) is 6.39. The van der Waals surface area contributed by atoms with Gasteiger partial charge in [0, 0.05) is 12.6 Å². The molecule has 0 heterocycles. The van der Waals surface area contributed by atoms with Crippen LogP contribution in [0.4, 0.5) is 4.39 Å². The third kappa shape index (κ3) is 4.29. The molecule has 1 aromatic rings. The van der Waals surface area contributed by atoms with Crippen molar-refractivity contribution in [1.29, 1.82) is 0 Å². The molecular weight excluding hydrogens is 203 g/mol. The zero-order valence-corrected chi connectivity index (χ0v) is 10.1. The molecule has 0 saturated carbocycles. The quantitative estimate of drug-likeness (QED) is 0.804. The Hall–Kier alpha value is -0.930. The molecule has 1 aromatic carbocycles. The van der Waals surface area contributed by atoms with E-state index in [9.17, 15) is 4.39 Å². The molecule has 90 valence electrons. The summed E-state index contributed by atoms with van der Waals surface area (Å²) in [5.74, 6) is -0.213. The second-order valence-electron chi connectivity index (χ2n) is 4.27. The molecule has 0 aliphatic carbocycles. The minimum absolute atomic E-state index is 0.0394. The van der Waals surface area contributed by atoms with Crippen LogP contribution in [0.3, 0.4) is 0 Å². The number of rotatable bonds is 6. The highest BCUT2D eigenvalue weighted by Gasteiger charge is 2.08. The smallest absolute Gasteiger partial charge is 0.123 e. The zero-order chi connectivity index (χ0) is 12.0. The summed E-state index contributed by atoms with van der Waals surface area (Å²) in [4.78, 5) is 2.22. The van der Waals surface area contributed by atoms with Crippen LogP contribution in [-0.2, 0) is 0 Å². The Balaban J connectivity index is 2.45. The molecule has 1 atom stereocenters. The normalized spacial score (nSPS) is 13.1. The maximum atomic E-state index is 12.7. The second-order valence-corrected chi connectivity index (χ2v) is 4.27. The predicted octanol–water partition coefficient (Wildman–Crippen LogP) is 2.56. The summed E-state index contributed by atoms with van der Waals surface area (Å²) < 4.78 is 12.7. The van der Waals surface area contributed by atoms with Crippen LogP contribution in [0.15, 0.2) is 24.3 Å². The molecule has 0 fully saturated rings. The number of nitrogens with zero attached hydrogens (tertiary/aromatic N) is 1. The topological polar surface area (TPSA) is 29.3 Å². The van der Waals surface area contributed by atoms with Crippen LogP contribution in [0.1, 0.15) is 31.4 Å². The Kier molecular flexibility index (Phi) is 5.43. The molecule has 0 bridgehead atoms. The lowest BCUT2D eigenvalue weighted by Gasteiger charge is -2.21. The fraction of sp³-hybridized carbons (Fsp3) is 0.538. The number of likely N-dealkylation sites (N-methyl/N-ethyl adjacent to an activating group) is 1. The third-order valence-electron chi connectivity index (χ3n) is 2.70. The molecule has 2 nitrogen and oxygen atoms in total. The highest BCUT2D eigenvalue weighted by Crippen LogP contribution is 2.12. The van der Waals surface area contributed by atoms with Gasteiger partial charge in [-0.1, -0.05) is 25.5 Å². The number of unbranched alkanes of at least 4 members (excludes halogenated alkanes) is 1. The summed E-state index contributed by atoms with van der Waals surface area (Å²) >= 11 is 0. The van der Waals surface area contributed by atoms with E-state index in [1.54, 1.807) is 12.1 Å². The third-order valence-corrected chi connectivity index (χ3v) is 2.70. The first-order valence-electron chi connectivity index (χ1n) is 5.83. The summed E-state index contributed by atoms with van der Waals surface area (Å²) in [6.45, 7) is 4.05. The number of nitrogens with two attached hydrogens (primary N) is 1. The van der Waals surface area contributed by atoms with Crippen LogP contribution in [-0.4, -0.2) is 25.0 Å². The van der Waals surface area contributed by atoms with Crippen molar-refractivity contribution >= 4 is 0 Å². The lowest BCUT2D eigenvalue weighted by molar-refractivity contribution is 0.307. The first-order valence-corrected chi connectivity index (χ1v) is 5.83. The van der Waals surface area contributed by atoms with Gasteiger partial charge in [0.05, 0.1) is 0 Å². The van der Waals surface area contributed by atoms with Gasteiger partial charge in [-0.3, -0.25) is 0 Å². The van der Waals surface area contributed by atoms with Crippen molar-refractivity contribution in [2.24, 2.45) is 5.73 Å². The van der Waals surface area contributed by atoms with Crippen molar-refractivity contribution < 1.29 is 4.39 Å². The molecule has 2 N–H and O–H groups in total. The van der Waals surface area contributed by atoms with Gasteiger partial charge in [-0.25, -0.2) is 4.39 Å². The lowest BCUT2D eigenvalue weighted by Crippen LogP contribution is -2.29. The van der Waals surface area contributed by atoms with Crippen molar-refractivity contribution in [3.05, 3.63) is 35.6 Å². The van der Waals surface area contributed by atoms with Gasteiger partial charge in [-0.05, 0) is 37.7 Å². The Morgan fingerprint density at radius 3 is 2.50 bits per heavy atom. The van der Waals surface area contributed by atoms with Gasteiger partial charge in [0.15, 0.2) is 0 Å². The van der Waals surface area contributed by atoms with Crippen LogP contribution in [0.2, 0.25) is 0 Å². The maximum absolute atomic E-state index is 12.7. The molecule has 0 amide bonds. The largest absolute Gasteiger partial charge is 0.323 e. The molecule has 3 heteroatoms. The van der Waals surface area contributed by atoms with E-state index in [-0.39, 0.29) is 11.9 Å². The van der Waals surface area contributed by atoms with Crippen molar-refractivity contribution in [2.45, 2.75) is 25.8 Å². The fourth-order valence-electron chi connectivity index (χ4n) is 1.67. The Morgan fingerprint density at radius 2 is 1.94 bits per heavy atom. The van der Waals surface area contributed by atoms with Gasteiger partial charge in [-0.2, -0.15) is 0 Å². The number of hydrogen-bond donors (Lipinski definition) is 1. The SMILES string of the molecule is CCCCN(C)CC(N)c1ccc(F)cc1. The summed E-state index contributed by atoms with van der Waals surface area (Å²) in [6.07, 6.45) is 2.38. The van der Waals surface area contributed by atoms with Crippen LogP contribution in [0.25, 0.3) is 0 Å². The molecule has 0 radical (unpaired) electrons. The molecule has 1 rings (SSSR count). The molecule has 0 aliphatic heterocycles. The second kappa shape index (κ2) is 6.61. The highest BCUT2D eigenvalue weighted by atomic mass is 19.1. The Labute approximate surface area is 97.3 Å². The van der Waals surface area contributed by atoms with Gasteiger partial charge in [0.1, 0.15) is 5.82 Å². The molecular formula is C13H21FN2. The fourth-order valence-corrected chi connectivity index (χ4v) is 1.67.